The van der Waals surface area contributed by atoms with E-state index in [1.54, 1.807) is 14.2 Å². The molecule has 6 nitrogen and oxygen atoms in total. The Morgan fingerprint density at radius 3 is 2.50 bits per heavy atom. The molecule has 1 aromatic heterocycles. The minimum Gasteiger partial charge on any atom is -0.481 e. The Hall–Kier alpha value is -1.56. The second-order valence-electron chi connectivity index (χ2n) is 6.07. The lowest BCUT2D eigenvalue weighted by atomic mass is 10.1. The number of likely N-dealkylation sites (tertiary alicyclic amines) is 1. The summed E-state index contributed by atoms with van der Waals surface area (Å²) in [6, 6.07) is 3.01. The van der Waals surface area contributed by atoms with E-state index in [4.69, 9.17) is 9.47 Å². The lowest BCUT2D eigenvalue weighted by Crippen LogP contribution is -2.34. The van der Waals surface area contributed by atoms with E-state index in [2.05, 4.69) is 19.8 Å². The van der Waals surface area contributed by atoms with E-state index in [1.807, 2.05) is 6.07 Å². The smallest absolute Gasteiger partial charge is 0.321 e. The molecule has 0 aliphatic carbocycles. The summed E-state index contributed by atoms with van der Waals surface area (Å²) in [5.74, 6) is 1.47. The lowest BCUT2D eigenvalue weighted by molar-refractivity contribution is 0.225. The second kappa shape index (κ2) is 7.13. The zero-order chi connectivity index (χ0) is 15.4. The van der Waals surface area contributed by atoms with Gasteiger partial charge in [0, 0.05) is 25.2 Å². The third kappa shape index (κ3) is 3.43. The van der Waals surface area contributed by atoms with Crippen molar-refractivity contribution >= 4 is 5.82 Å². The number of hydrogen-bond donors (Lipinski definition) is 0. The van der Waals surface area contributed by atoms with Crippen LogP contribution in [0.4, 0.5) is 5.82 Å². The van der Waals surface area contributed by atoms with Gasteiger partial charge in [0.2, 0.25) is 5.88 Å². The predicted octanol–water partition coefficient (Wildman–Crippen LogP) is 1.95. The van der Waals surface area contributed by atoms with Crippen LogP contribution >= 0.6 is 0 Å². The van der Waals surface area contributed by atoms with E-state index in [9.17, 15) is 0 Å². The van der Waals surface area contributed by atoms with Crippen molar-refractivity contribution in [2.45, 2.75) is 38.1 Å². The summed E-state index contributed by atoms with van der Waals surface area (Å²) >= 11 is 0. The van der Waals surface area contributed by atoms with Crippen LogP contribution in [0, 0.1) is 0 Å². The summed E-state index contributed by atoms with van der Waals surface area (Å²) in [6.07, 6.45) is 6.42. The molecule has 2 saturated heterocycles. The molecule has 122 valence electrons. The zero-order valence-corrected chi connectivity index (χ0v) is 13.6. The molecule has 2 aliphatic heterocycles. The van der Waals surface area contributed by atoms with Gasteiger partial charge in [0.25, 0.3) is 0 Å². The fourth-order valence-corrected chi connectivity index (χ4v) is 3.53. The maximum Gasteiger partial charge on any atom is 0.321 e. The summed E-state index contributed by atoms with van der Waals surface area (Å²) in [6.45, 7) is 4.62. The Balaban J connectivity index is 1.69. The minimum absolute atomic E-state index is 0.370. The third-order valence-electron chi connectivity index (χ3n) is 4.74. The molecule has 0 aromatic carbocycles. The highest BCUT2D eigenvalue weighted by atomic mass is 16.5. The third-order valence-corrected chi connectivity index (χ3v) is 4.74. The maximum absolute atomic E-state index is 5.26. The van der Waals surface area contributed by atoms with Crippen LogP contribution in [0.1, 0.15) is 32.1 Å². The second-order valence-corrected chi connectivity index (χ2v) is 6.07. The van der Waals surface area contributed by atoms with Gasteiger partial charge in [-0.3, -0.25) is 0 Å². The standard InChI is InChI=1S/C16H26N4O2/c1-21-15-12-14(17-16(18-15)22-2)20-10-5-6-13(7-11-20)19-8-3-4-9-19/h12-13H,3-11H2,1-2H3. The summed E-state index contributed by atoms with van der Waals surface area (Å²) in [4.78, 5) is 13.7. The molecule has 6 heteroatoms. The van der Waals surface area contributed by atoms with Crippen LogP contribution in [-0.4, -0.2) is 61.3 Å². The van der Waals surface area contributed by atoms with Gasteiger partial charge in [0.15, 0.2) is 0 Å². The zero-order valence-electron chi connectivity index (χ0n) is 13.6. The van der Waals surface area contributed by atoms with Crippen molar-refractivity contribution in [1.82, 2.24) is 14.9 Å². The molecule has 22 heavy (non-hydrogen) atoms. The van der Waals surface area contributed by atoms with Gasteiger partial charge in [0.1, 0.15) is 5.82 Å². The predicted molar refractivity (Wildman–Crippen MR) is 85.8 cm³/mol. The van der Waals surface area contributed by atoms with Gasteiger partial charge in [-0.15, -0.1) is 0 Å². The molecular formula is C16H26N4O2. The van der Waals surface area contributed by atoms with Gasteiger partial charge in [-0.25, -0.2) is 0 Å². The SMILES string of the molecule is COc1cc(N2CCCC(N3CCCC3)CC2)nc(OC)n1. The van der Waals surface area contributed by atoms with Crippen LogP contribution in [-0.2, 0) is 0 Å². The first-order valence-electron chi connectivity index (χ1n) is 8.26. The minimum atomic E-state index is 0.370. The normalized spacial score (nSPS) is 23.4. The van der Waals surface area contributed by atoms with Gasteiger partial charge in [-0.2, -0.15) is 9.97 Å². The van der Waals surface area contributed by atoms with Crippen LogP contribution < -0.4 is 14.4 Å². The van der Waals surface area contributed by atoms with Crippen molar-refractivity contribution in [3.8, 4) is 11.9 Å². The molecule has 0 saturated carbocycles. The van der Waals surface area contributed by atoms with Crippen molar-refractivity contribution in [2.75, 3.05) is 45.3 Å². The molecule has 0 amide bonds. The van der Waals surface area contributed by atoms with Crippen molar-refractivity contribution in [3.05, 3.63) is 6.07 Å². The molecule has 0 spiro atoms. The van der Waals surface area contributed by atoms with E-state index in [1.165, 1.54) is 45.2 Å². The number of methoxy groups -OCH3 is 2. The Kier molecular flexibility index (Phi) is 4.97. The van der Waals surface area contributed by atoms with Crippen molar-refractivity contribution in [1.29, 1.82) is 0 Å². The highest BCUT2D eigenvalue weighted by Gasteiger charge is 2.25. The Morgan fingerprint density at radius 2 is 1.77 bits per heavy atom. The number of anilines is 1. The number of nitrogens with zero attached hydrogens (tertiary/aromatic N) is 4. The van der Waals surface area contributed by atoms with Crippen molar-refractivity contribution in [3.63, 3.8) is 0 Å². The van der Waals surface area contributed by atoms with Gasteiger partial charge >= 0.3 is 6.01 Å². The quantitative estimate of drug-likeness (QED) is 0.847. The van der Waals surface area contributed by atoms with Gasteiger partial charge in [-0.1, -0.05) is 0 Å². The summed E-state index contributed by atoms with van der Waals surface area (Å²) in [5, 5.41) is 0. The summed E-state index contributed by atoms with van der Waals surface area (Å²) < 4.78 is 10.4. The molecule has 3 heterocycles. The topological polar surface area (TPSA) is 50.7 Å². The fourth-order valence-electron chi connectivity index (χ4n) is 3.53. The Bertz CT molecular complexity index is 469. The molecule has 0 N–H and O–H groups in total. The number of aromatic nitrogens is 2. The highest BCUT2D eigenvalue weighted by Crippen LogP contribution is 2.26. The van der Waals surface area contributed by atoms with Crippen LogP contribution in [0.2, 0.25) is 0 Å². The molecular weight excluding hydrogens is 280 g/mol. The maximum atomic E-state index is 5.26. The van der Waals surface area contributed by atoms with Crippen LogP contribution in [0.3, 0.4) is 0 Å². The monoisotopic (exact) mass is 306 g/mol. The lowest BCUT2D eigenvalue weighted by Gasteiger charge is -2.26. The van der Waals surface area contributed by atoms with Crippen LogP contribution in [0.25, 0.3) is 0 Å². The first-order chi connectivity index (χ1) is 10.8. The molecule has 0 bridgehead atoms. The molecule has 1 aromatic rings. The molecule has 1 atom stereocenters. The summed E-state index contributed by atoms with van der Waals surface area (Å²) in [7, 11) is 3.21. The molecule has 3 rings (SSSR count). The molecule has 0 radical (unpaired) electrons. The van der Waals surface area contributed by atoms with Crippen LogP contribution in [0.5, 0.6) is 11.9 Å². The van der Waals surface area contributed by atoms with Gasteiger partial charge < -0.3 is 19.3 Å². The largest absolute Gasteiger partial charge is 0.481 e. The van der Waals surface area contributed by atoms with Gasteiger partial charge in [-0.05, 0) is 45.2 Å². The van der Waals surface area contributed by atoms with E-state index in [0.29, 0.717) is 11.9 Å². The van der Waals surface area contributed by atoms with E-state index in [0.717, 1.165) is 24.9 Å². The Labute approximate surface area is 132 Å². The first kappa shape index (κ1) is 15.3. The molecule has 1 unspecified atom stereocenters. The molecule has 2 aliphatic rings. The fraction of sp³-hybridized carbons (Fsp3) is 0.750. The average molecular weight is 306 g/mol. The highest BCUT2D eigenvalue weighted by molar-refractivity contribution is 5.43. The first-order valence-corrected chi connectivity index (χ1v) is 8.26. The van der Waals surface area contributed by atoms with Crippen molar-refractivity contribution in [2.24, 2.45) is 0 Å². The van der Waals surface area contributed by atoms with Gasteiger partial charge in [0.05, 0.1) is 14.2 Å². The number of rotatable bonds is 4. The van der Waals surface area contributed by atoms with Crippen LogP contribution in [0.15, 0.2) is 6.07 Å². The number of ether oxygens (including phenoxy) is 2. The number of hydrogen-bond acceptors (Lipinski definition) is 6. The molecule has 2 fully saturated rings. The van der Waals surface area contributed by atoms with E-state index < -0.39 is 0 Å². The Morgan fingerprint density at radius 1 is 0.955 bits per heavy atom. The average Bonchev–Trinajstić information content (AvgIpc) is 2.99. The van der Waals surface area contributed by atoms with E-state index in [-0.39, 0.29) is 0 Å². The summed E-state index contributed by atoms with van der Waals surface area (Å²) in [5.41, 5.74) is 0. The van der Waals surface area contributed by atoms with Crippen molar-refractivity contribution < 1.29 is 9.47 Å². The van der Waals surface area contributed by atoms with E-state index >= 15 is 0 Å².